The zero-order valence-electron chi connectivity index (χ0n) is 17.0. The molecule has 0 aliphatic heterocycles. The van der Waals surface area contributed by atoms with E-state index in [1.54, 1.807) is 0 Å². The Balaban J connectivity index is 1.69. The third-order valence-corrected chi connectivity index (χ3v) is 5.68. The van der Waals surface area contributed by atoms with Crippen molar-refractivity contribution in [2.45, 2.75) is 71.9 Å². The quantitative estimate of drug-likeness (QED) is 0.762. The molecule has 2 aromatic carbocycles. The van der Waals surface area contributed by atoms with Gasteiger partial charge in [0.25, 0.3) is 5.91 Å². The minimum absolute atomic E-state index is 0.00698. The number of hydrogen-bond acceptors (Lipinski definition) is 2. The van der Waals surface area contributed by atoms with Crippen LogP contribution in [-0.4, -0.2) is 12.0 Å². The highest BCUT2D eigenvalue weighted by Gasteiger charge is 2.22. The van der Waals surface area contributed by atoms with Crippen molar-refractivity contribution in [3.63, 3.8) is 0 Å². The van der Waals surface area contributed by atoms with Crippen LogP contribution in [-0.2, 0) is 17.6 Å². The van der Waals surface area contributed by atoms with Gasteiger partial charge < -0.3 is 10.1 Å². The van der Waals surface area contributed by atoms with E-state index in [0.717, 1.165) is 30.6 Å². The maximum absolute atomic E-state index is 12.8. The van der Waals surface area contributed by atoms with E-state index in [4.69, 9.17) is 4.74 Å². The van der Waals surface area contributed by atoms with Gasteiger partial charge in [0.05, 0.1) is 6.04 Å². The van der Waals surface area contributed by atoms with Crippen molar-refractivity contribution in [1.82, 2.24) is 5.32 Å². The number of rotatable bonds is 6. The van der Waals surface area contributed by atoms with Gasteiger partial charge in [-0.25, -0.2) is 0 Å². The average molecular weight is 366 g/mol. The normalized spacial score (nSPS) is 15.6. The minimum atomic E-state index is -0.515. The number of carbonyl (C=O) groups is 1. The first kappa shape index (κ1) is 19.5. The SMILES string of the molecule is CCC(NC(=O)C(C)Oc1cccc2c1CCCC2)c1ccc(C)c(C)c1. The van der Waals surface area contributed by atoms with Crippen LogP contribution in [0.3, 0.4) is 0 Å². The van der Waals surface area contributed by atoms with Crippen molar-refractivity contribution >= 4 is 5.91 Å². The molecule has 1 amide bonds. The summed E-state index contributed by atoms with van der Waals surface area (Å²) >= 11 is 0. The summed E-state index contributed by atoms with van der Waals surface area (Å²) in [6, 6.07) is 12.6. The summed E-state index contributed by atoms with van der Waals surface area (Å²) in [5.41, 5.74) is 6.32. The fourth-order valence-electron chi connectivity index (χ4n) is 3.79. The molecular formula is C24H31NO2. The van der Waals surface area contributed by atoms with Crippen LogP contribution in [0.1, 0.15) is 67.0 Å². The highest BCUT2D eigenvalue weighted by Crippen LogP contribution is 2.30. The number of benzene rings is 2. The molecule has 0 spiro atoms. The van der Waals surface area contributed by atoms with Gasteiger partial charge in [-0.05, 0) is 86.8 Å². The molecule has 144 valence electrons. The first-order valence-corrected chi connectivity index (χ1v) is 10.1. The molecule has 1 aliphatic rings. The van der Waals surface area contributed by atoms with Gasteiger partial charge in [-0.15, -0.1) is 0 Å². The number of hydrogen-bond donors (Lipinski definition) is 1. The molecule has 27 heavy (non-hydrogen) atoms. The first-order valence-electron chi connectivity index (χ1n) is 10.1. The molecule has 3 nitrogen and oxygen atoms in total. The lowest BCUT2D eigenvalue weighted by molar-refractivity contribution is -0.128. The van der Waals surface area contributed by atoms with Gasteiger partial charge >= 0.3 is 0 Å². The van der Waals surface area contributed by atoms with E-state index in [1.807, 2.05) is 19.1 Å². The molecule has 1 N–H and O–H groups in total. The number of amides is 1. The van der Waals surface area contributed by atoms with E-state index < -0.39 is 6.10 Å². The molecule has 3 rings (SSSR count). The molecule has 2 aromatic rings. The average Bonchev–Trinajstić information content (AvgIpc) is 2.68. The van der Waals surface area contributed by atoms with Crippen LogP contribution in [0.2, 0.25) is 0 Å². The Kier molecular flexibility index (Phi) is 6.20. The maximum Gasteiger partial charge on any atom is 0.261 e. The van der Waals surface area contributed by atoms with Crippen LogP contribution >= 0.6 is 0 Å². The molecule has 0 heterocycles. The Morgan fingerprint density at radius 3 is 2.63 bits per heavy atom. The van der Waals surface area contributed by atoms with Crippen LogP contribution < -0.4 is 10.1 Å². The van der Waals surface area contributed by atoms with E-state index in [0.29, 0.717) is 0 Å². The predicted octanol–water partition coefficient (Wildman–Crippen LogP) is 5.22. The Labute approximate surface area is 163 Å². The Bertz CT molecular complexity index is 812. The van der Waals surface area contributed by atoms with Gasteiger partial charge in [0.1, 0.15) is 5.75 Å². The summed E-state index contributed by atoms with van der Waals surface area (Å²) in [4.78, 5) is 12.8. The van der Waals surface area contributed by atoms with Crippen molar-refractivity contribution in [3.05, 3.63) is 64.2 Å². The Hall–Kier alpha value is -2.29. The second kappa shape index (κ2) is 8.60. The van der Waals surface area contributed by atoms with Crippen LogP contribution in [0.5, 0.6) is 5.75 Å². The van der Waals surface area contributed by atoms with Crippen molar-refractivity contribution in [2.75, 3.05) is 0 Å². The molecule has 0 aromatic heterocycles. The fourth-order valence-corrected chi connectivity index (χ4v) is 3.79. The van der Waals surface area contributed by atoms with E-state index in [2.05, 4.69) is 50.4 Å². The monoisotopic (exact) mass is 365 g/mol. The highest BCUT2D eigenvalue weighted by atomic mass is 16.5. The number of aryl methyl sites for hydroxylation is 3. The summed E-state index contributed by atoms with van der Waals surface area (Å²) < 4.78 is 6.09. The maximum atomic E-state index is 12.8. The van der Waals surface area contributed by atoms with Gasteiger partial charge in [0, 0.05) is 0 Å². The highest BCUT2D eigenvalue weighted by molar-refractivity contribution is 5.81. The molecule has 0 radical (unpaired) electrons. The van der Waals surface area contributed by atoms with Crippen LogP contribution in [0, 0.1) is 13.8 Å². The second-order valence-corrected chi connectivity index (χ2v) is 7.67. The minimum Gasteiger partial charge on any atom is -0.481 e. The van der Waals surface area contributed by atoms with E-state index in [1.165, 1.54) is 35.1 Å². The van der Waals surface area contributed by atoms with Gasteiger partial charge in [-0.3, -0.25) is 4.79 Å². The largest absolute Gasteiger partial charge is 0.481 e. The standard InChI is InChI=1S/C24H31NO2/c1-5-22(20-14-13-16(2)17(3)15-20)25-24(26)18(4)27-23-12-8-10-19-9-6-7-11-21(19)23/h8,10,12-15,18,22H,5-7,9,11H2,1-4H3,(H,25,26). The molecule has 0 bridgehead atoms. The summed E-state index contributed by atoms with van der Waals surface area (Å²) in [6.45, 7) is 8.15. The lowest BCUT2D eigenvalue weighted by Crippen LogP contribution is -2.38. The van der Waals surface area contributed by atoms with Crippen molar-refractivity contribution in [3.8, 4) is 5.75 Å². The molecule has 1 aliphatic carbocycles. The second-order valence-electron chi connectivity index (χ2n) is 7.67. The number of nitrogens with one attached hydrogen (secondary N) is 1. The summed E-state index contributed by atoms with van der Waals surface area (Å²) in [7, 11) is 0. The molecule has 2 atom stereocenters. The molecule has 0 fully saturated rings. The van der Waals surface area contributed by atoms with E-state index in [9.17, 15) is 4.79 Å². The molecule has 2 unspecified atom stereocenters. The van der Waals surface area contributed by atoms with Gasteiger partial charge in [0.2, 0.25) is 0 Å². The van der Waals surface area contributed by atoms with Gasteiger partial charge in [-0.1, -0.05) is 37.3 Å². The smallest absolute Gasteiger partial charge is 0.261 e. The zero-order valence-corrected chi connectivity index (χ0v) is 17.0. The van der Waals surface area contributed by atoms with E-state index >= 15 is 0 Å². The lowest BCUT2D eigenvalue weighted by atomic mass is 9.91. The fraction of sp³-hybridized carbons (Fsp3) is 0.458. The predicted molar refractivity (Wildman–Crippen MR) is 110 cm³/mol. The number of fused-ring (bicyclic) bond motifs is 1. The Morgan fingerprint density at radius 1 is 1.11 bits per heavy atom. The van der Waals surface area contributed by atoms with Crippen LogP contribution in [0.25, 0.3) is 0 Å². The lowest BCUT2D eigenvalue weighted by Gasteiger charge is -2.24. The Morgan fingerprint density at radius 2 is 1.89 bits per heavy atom. The van der Waals surface area contributed by atoms with Crippen LogP contribution in [0.4, 0.5) is 0 Å². The van der Waals surface area contributed by atoms with Gasteiger partial charge in [-0.2, -0.15) is 0 Å². The zero-order chi connectivity index (χ0) is 19.4. The first-order chi connectivity index (χ1) is 13.0. The molecule has 0 saturated heterocycles. The van der Waals surface area contributed by atoms with Crippen molar-refractivity contribution in [2.24, 2.45) is 0 Å². The van der Waals surface area contributed by atoms with Crippen LogP contribution in [0.15, 0.2) is 36.4 Å². The van der Waals surface area contributed by atoms with Gasteiger partial charge in [0.15, 0.2) is 6.10 Å². The summed E-state index contributed by atoms with van der Waals surface area (Å²) in [5.74, 6) is 0.808. The third-order valence-electron chi connectivity index (χ3n) is 5.68. The third kappa shape index (κ3) is 4.52. The molecule has 0 saturated carbocycles. The number of ether oxygens (including phenoxy) is 1. The topological polar surface area (TPSA) is 38.3 Å². The van der Waals surface area contributed by atoms with Crippen molar-refractivity contribution < 1.29 is 9.53 Å². The summed E-state index contributed by atoms with van der Waals surface area (Å²) in [6.07, 6.45) is 4.91. The molecular weight excluding hydrogens is 334 g/mol. The number of carbonyl (C=O) groups excluding carboxylic acids is 1. The summed E-state index contributed by atoms with van der Waals surface area (Å²) in [5, 5.41) is 3.17. The van der Waals surface area contributed by atoms with Crippen molar-refractivity contribution in [1.29, 1.82) is 0 Å². The van der Waals surface area contributed by atoms with E-state index in [-0.39, 0.29) is 11.9 Å². The molecule has 3 heteroatoms.